The minimum Gasteiger partial charge on any atom is -0.444 e. The van der Waals surface area contributed by atoms with Crippen LogP contribution >= 0.6 is 0 Å². The van der Waals surface area contributed by atoms with Crippen molar-refractivity contribution in [3.05, 3.63) is 27.5 Å². The number of anilines is 1. The summed E-state index contributed by atoms with van der Waals surface area (Å²) in [6.07, 6.45) is 3.85. The standard InChI is InChI=1S/C26H41N3O6Si/c1-12-15-13-16(22(30)28-21(15)27)18-20-19(33-26(8,9)34-20)17(14-32-36(10,11)25(5,6)7)29(18)23(31)35-24(2,3)4/h1,13,17-20H,14H2,2-11H3,(H3,27,28,30)/t17-,18?,19-,20+/m1/s1. The van der Waals surface area contributed by atoms with Crippen molar-refractivity contribution < 1.29 is 23.4 Å². The van der Waals surface area contributed by atoms with Crippen LogP contribution in [-0.4, -0.2) is 60.5 Å². The summed E-state index contributed by atoms with van der Waals surface area (Å²) in [6, 6.07) is 0.159. The molecule has 9 nitrogen and oxygen atoms in total. The molecule has 0 radical (unpaired) electrons. The Kier molecular flexibility index (Phi) is 7.23. The average molecular weight is 520 g/mol. The molecule has 3 heterocycles. The molecule has 1 amide bonds. The number of nitrogen functional groups attached to an aromatic ring is 1. The number of hydrogen-bond acceptors (Lipinski definition) is 7. The van der Waals surface area contributed by atoms with Gasteiger partial charge < -0.3 is 29.4 Å². The molecule has 0 bridgehead atoms. The number of hydrogen-bond donors (Lipinski definition) is 2. The van der Waals surface area contributed by atoms with Crippen molar-refractivity contribution in [1.29, 1.82) is 0 Å². The lowest BCUT2D eigenvalue weighted by Crippen LogP contribution is -2.51. The second-order valence-corrected chi connectivity index (χ2v) is 17.4. The summed E-state index contributed by atoms with van der Waals surface area (Å²) in [7, 11) is -2.18. The van der Waals surface area contributed by atoms with Gasteiger partial charge in [0, 0.05) is 5.56 Å². The number of terminal acetylenes is 1. The van der Waals surface area contributed by atoms with E-state index in [-0.39, 0.29) is 23.0 Å². The van der Waals surface area contributed by atoms with E-state index in [2.05, 4.69) is 44.8 Å². The summed E-state index contributed by atoms with van der Waals surface area (Å²) in [6.45, 7) is 20.0. The number of amides is 1. The molecule has 200 valence electrons. The number of aromatic amines is 1. The Balaban J connectivity index is 2.15. The average Bonchev–Trinajstić information content (AvgIpc) is 3.14. The van der Waals surface area contributed by atoms with Gasteiger partial charge in [-0.3, -0.25) is 9.69 Å². The molecule has 0 aliphatic carbocycles. The molecule has 0 saturated carbocycles. The van der Waals surface area contributed by atoms with Crippen molar-refractivity contribution >= 4 is 20.2 Å². The number of nitrogens with two attached hydrogens (primary N) is 1. The first-order valence-electron chi connectivity index (χ1n) is 12.3. The van der Waals surface area contributed by atoms with Gasteiger partial charge in [0.1, 0.15) is 23.6 Å². The summed E-state index contributed by atoms with van der Waals surface area (Å²) in [5.74, 6) is 1.67. The van der Waals surface area contributed by atoms with Crippen LogP contribution in [0.15, 0.2) is 10.9 Å². The molecule has 1 unspecified atom stereocenters. The van der Waals surface area contributed by atoms with E-state index in [1.807, 2.05) is 13.8 Å². The zero-order chi connectivity index (χ0) is 27.4. The highest BCUT2D eigenvalue weighted by Gasteiger charge is 2.61. The van der Waals surface area contributed by atoms with E-state index < -0.39 is 55.6 Å². The Hall–Kier alpha value is -2.32. The molecule has 2 fully saturated rings. The van der Waals surface area contributed by atoms with Crippen molar-refractivity contribution in [2.24, 2.45) is 0 Å². The first kappa shape index (κ1) is 28.3. The van der Waals surface area contributed by atoms with Crippen LogP contribution in [0, 0.1) is 12.3 Å². The predicted octanol–water partition coefficient (Wildman–Crippen LogP) is 4.14. The summed E-state index contributed by atoms with van der Waals surface area (Å²) in [5.41, 5.74) is 5.28. The fourth-order valence-corrected chi connectivity index (χ4v) is 5.38. The van der Waals surface area contributed by atoms with Gasteiger partial charge in [-0.2, -0.15) is 0 Å². The van der Waals surface area contributed by atoms with Crippen LogP contribution in [0.3, 0.4) is 0 Å². The van der Waals surface area contributed by atoms with Crippen molar-refractivity contribution in [3.63, 3.8) is 0 Å². The molecule has 0 spiro atoms. The third-order valence-electron chi connectivity index (χ3n) is 7.11. The smallest absolute Gasteiger partial charge is 0.411 e. The molecular weight excluding hydrogens is 478 g/mol. The highest BCUT2D eigenvalue weighted by atomic mass is 28.4. The van der Waals surface area contributed by atoms with Gasteiger partial charge in [-0.25, -0.2) is 4.79 Å². The number of likely N-dealkylation sites (tertiary alicyclic amines) is 1. The number of pyridine rings is 1. The Bertz CT molecular complexity index is 1110. The molecule has 4 atom stereocenters. The Morgan fingerprint density at radius 3 is 2.33 bits per heavy atom. The van der Waals surface area contributed by atoms with Crippen molar-refractivity contribution in [3.8, 4) is 12.3 Å². The van der Waals surface area contributed by atoms with E-state index >= 15 is 0 Å². The molecule has 2 saturated heterocycles. The topological polar surface area (TPSA) is 116 Å². The van der Waals surface area contributed by atoms with Gasteiger partial charge >= 0.3 is 6.09 Å². The quantitative estimate of drug-likeness (QED) is 0.454. The number of nitrogens with one attached hydrogen (secondary N) is 1. The third kappa shape index (κ3) is 5.49. The molecule has 1 aromatic heterocycles. The Morgan fingerprint density at radius 2 is 1.81 bits per heavy atom. The SMILES string of the molecule is C#Cc1cc(C2[C@@H]3OC(C)(C)O[C@@H]3[C@@H](CO[Si](C)(C)C(C)(C)C)N2C(=O)OC(C)(C)C)c(=O)[nH]c1N. The molecule has 10 heteroatoms. The van der Waals surface area contributed by atoms with Gasteiger partial charge in [0.05, 0.1) is 24.3 Å². The van der Waals surface area contributed by atoms with Crippen LogP contribution in [0.5, 0.6) is 0 Å². The first-order chi connectivity index (χ1) is 16.3. The summed E-state index contributed by atoms with van der Waals surface area (Å²) < 4.78 is 24.9. The number of H-pyrrole nitrogens is 1. The summed E-state index contributed by atoms with van der Waals surface area (Å²) in [4.78, 5) is 31.0. The number of aromatic nitrogens is 1. The second kappa shape index (κ2) is 9.21. The van der Waals surface area contributed by atoms with E-state index in [1.54, 1.807) is 26.8 Å². The van der Waals surface area contributed by atoms with Gasteiger partial charge in [-0.15, -0.1) is 6.42 Å². The molecule has 2 aliphatic rings. The number of carbonyl (C=O) groups is 1. The third-order valence-corrected chi connectivity index (χ3v) is 11.6. The van der Waals surface area contributed by atoms with Crippen molar-refractivity contribution in [2.75, 3.05) is 12.3 Å². The van der Waals surface area contributed by atoms with E-state index in [4.69, 9.17) is 30.8 Å². The Morgan fingerprint density at radius 1 is 1.22 bits per heavy atom. The highest BCUT2D eigenvalue weighted by molar-refractivity contribution is 6.74. The van der Waals surface area contributed by atoms with Gasteiger partial charge in [0.2, 0.25) is 0 Å². The van der Waals surface area contributed by atoms with Crippen molar-refractivity contribution in [2.45, 2.75) is 109 Å². The molecule has 1 aromatic rings. The normalized spacial score (nSPS) is 26.0. The molecule has 2 aliphatic heterocycles. The highest BCUT2D eigenvalue weighted by Crippen LogP contribution is 2.48. The number of rotatable bonds is 4. The lowest BCUT2D eigenvalue weighted by Gasteiger charge is -2.40. The van der Waals surface area contributed by atoms with Gasteiger partial charge in [0.15, 0.2) is 14.1 Å². The minimum absolute atomic E-state index is 0.0384. The fraction of sp³-hybridized carbons (Fsp3) is 0.692. The second-order valence-electron chi connectivity index (χ2n) is 12.6. The van der Waals surface area contributed by atoms with Crippen LogP contribution < -0.4 is 11.3 Å². The van der Waals surface area contributed by atoms with Crippen LogP contribution in [-0.2, 0) is 18.6 Å². The number of ether oxygens (including phenoxy) is 3. The first-order valence-corrected chi connectivity index (χ1v) is 15.2. The predicted molar refractivity (Wildman–Crippen MR) is 141 cm³/mol. The lowest BCUT2D eigenvalue weighted by atomic mass is 10.0. The van der Waals surface area contributed by atoms with Crippen LogP contribution in [0.2, 0.25) is 18.1 Å². The van der Waals surface area contributed by atoms with E-state index in [1.165, 1.54) is 4.90 Å². The van der Waals surface area contributed by atoms with Crippen molar-refractivity contribution in [1.82, 2.24) is 9.88 Å². The minimum atomic E-state index is -2.18. The number of nitrogens with zero attached hydrogens (tertiary/aromatic N) is 1. The molecule has 3 N–H and O–H groups in total. The molecule has 0 aromatic carbocycles. The maximum absolute atomic E-state index is 13.7. The summed E-state index contributed by atoms with van der Waals surface area (Å²) >= 11 is 0. The number of carbonyl (C=O) groups excluding carboxylic acids is 1. The summed E-state index contributed by atoms with van der Waals surface area (Å²) in [5, 5.41) is -0.0384. The molecule has 36 heavy (non-hydrogen) atoms. The maximum Gasteiger partial charge on any atom is 0.411 e. The lowest BCUT2D eigenvalue weighted by molar-refractivity contribution is -0.168. The zero-order valence-electron chi connectivity index (χ0n) is 23.1. The van der Waals surface area contributed by atoms with E-state index in [0.717, 1.165) is 0 Å². The van der Waals surface area contributed by atoms with Gasteiger partial charge in [-0.1, -0.05) is 26.7 Å². The monoisotopic (exact) mass is 519 g/mol. The van der Waals surface area contributed by atoms with Crippen LogP contribution in [0.1, 0.15) is 72.6 Å². The Labute approximate surface area is 215 Å². The van der Waals surface area contributed by atoms with Crippen LogP contribution in [0.25, 0.3) is 0 Å². The van der Waals surface area contributed by atoms with Gasteiger partial charge in [0.25, 0.3) is 5.56 Å². The molecular formula is C26H41N3O6Si. The zero-order valence-corrected chi connectivity index (χ0v) is 24.1. The molecule has 3 rings (SSSR count). The van der Waals surface area contributed by atoms with Crippen LogP contribution in [0.4, 0.5) is 10.6 Å². The van der Waals surface area contributed by atoms with Gasteiger partial charge in [-0.05, 0) is 58.8 Å². The fourth-order valence-electron chi connectivity index (χ4n) is 4.36. The number of fused-ring (bicyclic) bond motifs is 1. The largest absolute Gasteiger partial charge is 0.444 e. The van der Waals surface area contributed by atoms with E-state index in [0.29, 0.717) is 5.56 Å². The van der Waals surface area contributed by atoms with E-state index in [9.17, 15) is 9.59 Å². The maximum atomic E-state index is 13.7.